The van der Waals surface area contributed by atoms with Gasteiger partial charge in [0.05, 0.1) is 52.0 Å². The number of nitrogens with one attached hydrogen (secondary N) is 1. The number of fused-ring (bicyclic) bond motifs is 5. The summed E-state index contributed by atoms with van der Waals surface area (Å²) in [4.78, 5) is 61.6. The molecule has 0 radical (unpaired) electrons. The fourth-order valence-corrected chi connectivity index (χ4v) is 14.4. The summed E-state index contributed by atoms with van der Waals surface area (Å²) in [5.74, 6) is 1.19. The molecule has 6 saturated heterocycles. The van der Waals surface area contributed by atoms with E-state index < -0.39 is 30.0 Å². The highest BCUT2D eigenvalue weighted by molar-refractivity contribution is 6.04. The molecular formula is C60H64F4N10O6. The quantitative estimate of drug-likeness (QED) is 0.0743. The number of likely N-dealkylation sites (tertiary alicyclic amines) is 1. The zero-order valence-corrected chi connectivity index (χ0v) is 44.6. The first-order chi connectivity index (χ1) is 38.9. The molecule has 0 bridgehead atoms. The van der Waals surface area contributed by atoms with Crippen molar-refractivity contribution in [3.05, 3.63) is 77.1 Å². The topological polar surface area (TPSA) is 160 Å². The van der Waals surface area contributed by atoms with Crippen LogP contribution in [0.25, 0.3) is 43.8 Å². The van der Waals surface area contributed by atoms with Gasteiger partial charge in [0.25, 0.3) is 0 Å². The third kappa shape index (κ3) is 9.50. The fraction of sp³-hybridized carbons (Fsp3) is 0.517. The van der Waals surface area contributed by atoms with Crippen molar-refractivity contribution in [3.63, 3.8) is 0 Å². The van der Waals surface area contributed by atoms with Gasteiger partial charge in [0.2, 0.25) is 11.8 Å². The molecule has 80 heavy (non-hydrogen) atoms. The van der Waals surface area contributed by atoms with Crippen LogP contribution in [0.5, 0.6) is 6.01 Å². The molecule has 3 aromatic carbocycles. The highest BCUT2D eigenvalue weighted by atomic mass is 19.3. The van der Waals surface area contributed by atoms with E-state index in [9.17, 15) is 23.2 Å². The number of terminal acetylenes is 1. The van der Waals surface area contributed by atoms with Crippen molar-refractivity contribution in [2.75, 3.05) is 75.5 Å². The first kappa shape index (κ1) is 52.3. The van der Waals surface area contributed by atoms with E-state index in [2.05, 4.69) is 31.0 Å². The lowest BCUT2D eigenvalue weighted by Gasteiger charge is -2.37. The summed E-state index contributed by atoms with van der Waals surface area (Å²) in [7, 11) is 0. The fourth-order valence-electron chi connectivity index (χ4n) is 14.4. The zero-order valence-electron chi connectivity index (χ0n) is 44.6. The average Bonchev–Trinajstić information content (AvgIpc) is 4.10. The number of anilines is 2. The van der Waals surface area contributed by atoms with Crippen molar-refractivity contribution in [1.29, 1.82) is 0 Å². The summed E-state index contributed by atoms with van der Waals surface area (Å²) in [6, 6.07) is 13.8. The van der Waals surface area contributed by atoms with Crippen LogP contribution in [0.2, 0.25) is 0 Å². The largest absolute Gasteiger partial charge is 0.461 e. The van der Waals surface area contributed by atoms with Gasteiger partial charge in [0, 0.05) is 73.8 Å². The highest BCUT2D eigenvalue weighted by Gasteiger charge is 2.50. The van der Waals surface area contributed by atoms with Gasteiger partial charge >= 0.3 is 18.7 Å². The van der Waals surface area contributed by atoms with Gasteiger partial charge in [-0.3, -0.25) is 19.8 Å². The van der Waals surface area contributed by atoms with Crippen molar-refractivity contribution in [1.82, 2.24) is 39.8 Å². The van der Waals surface area contributed by atoms with Gasteiger partial charge in [-0.25, -0.2) is 23.2 Å². The molecule has 7 aliphatic rings. The van der Waals surface area contributed by atoms with Crippen molar-refractivity contribution < 1.29 is 46.2 Å². The highest BCUT2D eigenvalue weighted by Crippen LogP contribution is 2.45. The number of aryl methyl sites for hydroxylation is 1. The minimum atomic E-state index is -2.89. The molecule has 20 heteroatoms. The summed E-state index contributed by atoms with van der Waals surface area (Å²) in [6.07, 6.45) is 16.2. The Kier molecular flexibility index (Phi) is 14.0. The standard InChI is InChI=1S/C60H64F4N10O6/c1-2-41-45(61)13-8-37-6-3-7-43(49(37)41)53-51(62)54-50-46(65-53)14-10-39-32-78-29-5-23-72(39)55(50)68-58(67-54)80-34-60-21-4-24-73(60)40(16-22-60)33-79-59(77)71-27-19-36(20-28-71)30-35-17-25-70(26-18-35)38-9-11-42-47(31-38)74(57(63)64)69-52(42)44-12-15-48(75)66-56(44)76/h1,3,6-9,11,13,31,35-36,39-40,44,57H,4-5,10,12,14-30,32-34H2,(H,66,75,76)/t39-,40-,44?,60-/m0/s1. The Labute approximate surface area is 460 Å². The number of amides is 3. The molecule has 0 saturated carbocycles. The maximum Gasteiger partial charge on any atom is 0.409 e. The normalized spacial score (nSPS) is 24.1. The maximum absolute atomic E-state index is 17.5. The second-order valence-electron chi connectivity index (χ2n) is 23.0. The Hall–Kier alpha value is -7.11. The maximum atomic E-state index is 17.5. The molecule has 10 heterocycles. The predicted octanol–water partition coefficient (Wildman–Crippen LogP) is 9.44. The van der Waals surface area contributed by atoms with Crippen molar-refractivity contribution in [2.45, 2.75) is 120 Å². The summed E-state index contributed by atoms with van der Waals surface area (Å²) in [5.41, 5.74) is 2.26. The molecule has 1 unspecified atom stereocenters. The minimum absolute atomic E-state index is 0.0178. The number of halogens is 4. The Balaban J connectivity index is 0.634. The Bertz CT molecular complexity index is 3470. The first-order valence-electron chi connectivity index (χ1n) is 28.6. The molecule has 6 fully saturated rings. The molecule has 3 amide bonds. The van der Waals surface area contributed by atoms with E-state index in [1.165, 1.54) is 6.07 Å². The van der Waals surface area contributed by atoms with E-state index in [0.29, 0.717) is 101 Å². The summed E-state index contributed by atoms with van der Waals surface area (Å²) in [5, 5.41) is 8.61. The van der Waals surface area contributed by atoms with Gasteiger partial charge in [-0.1, -0.05) is 30.2 Å². The Morgan fingerprint density at radius 3 is 2.51 bits per heavy atom. The third-order valence-corrected chi connectivity index (χ3v) is 18.5. The number of nitrogens with zero attached hydrogens (tertiary/aromatic N) is 9. The van der Waals surface area contributed by atoms with Crippen LogP contribution >= 0.6 is 0 Å². The van der Waals surface area contributed by atoms with Crippen LogP contribution in [0.15, 0.2) is 48.5 Å². The summed E-state index contributed by atoms with van der Waals surface area (Å²) in [6.45, 7) is 3.12. The average molecular weight is 1100 g/mol. The van der Waals surface area contributed by atoms with Crippen LogP contribution < -0.4 is 19.9 Å². The molecular weight excluding hydrogens is 1030 g/mol. The molecule has 0 spiro atoms. The van der Waals surface area contributed by atoms with Crippen molar-refractivity contribution in [3.8, 4) is 29.6 Å². The molecule has 0 aliphatic carbocycles. The van der Waals surface area contributed by atoms with E-state index in [4.69, 9.17) is 35.6 Å². The van der Waals surface area contributed by atoms with Gasteiger partial charge in [-0.2, -0.15) is 23.8 Å². The molecule has 418 valence electrons. The van der Waals surface area contributed by atoms with Gasteiger partial charge in [0.1, 0.15) is 36.1 Å². The summed E-state index contributed by atoms with van der Waals surface area (Å²) < 4.78 is 80.6. The van der Waals surface area contributed by atoms with E-state index in [1.807, 2.05) is 17.0 Å². The van der Waals surface area contributed by atoms with Crippen LogP contribution in [0.1, 0.15) is 113 Å². The minimum Gasteiger partial charge on any atom is -0.461 e. The van der Waals surface area contributed by atoms with Gasteiger partial charge in [0.15, 0.2) is 5.82 Å². The number of benzene rings is 3. The third-order valence-electron chi connectivity index (χ3n) is 18.5. The molecule has 6 aromatic rings. The van der Waals surface area contributed by atoms with Gasteiger partial charge in [-0.15, -0.1) is 6.42 Å². The molecule has 16 nitrogen and oxygen atoms in total. The van der Waals surface area contributed by atoms with E-state index in [1.54, 1.807) is 30.3 Å². The number of imide groups is 1. The van der Waals surface area contributed by atoms with E-state index in [-0.39, 0.29) is 89.7 Å². The first-order valence-corrected chi connectivity index (χ1v) is 28.6. The number of carbonyl (C=O) groups is 3. The van der Waals surface area contributed by atoms with Gasteiger partial charge in [-0.05, 0) is 132 Å². The number of rotatable bonds is 11. The molecule has 1 N–H and O–H groups in total. The number of piperidine rings is 3. The lowest BCUT2D eigenvalue weighted by Crippen LogP contribution is -2.48. The monoisotopic (exact) mass is 1100 g/mol. The number of pyridine rings is 1. The van der Waals surface area contributed by atoms with E-state index in [0.717, 1.165) is 89.5 Å². The number of hydrogen-bond donors (Lipinski definition) is 1. The second-order valence-corrected chi connectivity index (χ2v) is 23.0. The number of hydrogen-bond acceptors (Lipinski definition) is 13. The molecule has 4 atom stereocenters. The number of ether oxygens (including phenoxy) is 3. The van der Waals surface area contributed by atoms with Crippen LogP contribution in [-0.2, 0) is 25.5 Å². The number of carbonyl (C=O) groups excluding carboxylic acids is 3. The van der Waals surface area contributed by atoms with Crippen LogP contribution in [-0.4, -0.2) is 136 Å². The molecule has 7 aliphatic heterocycles. The molecule has 13 rings (SSSR count). The van der Waals surface area contributed by atoms with Crippen LogP contribution in [0, 0.1) is 35.8 Å². The second kappa shape index (κ2) is 21.4. The number of aromatic nitrogens is 5. The number of alkyl halides is 2. The van der Waals surface area contributed by atoms with Crippen molar-refractivity contribution in [2.24, 2.45) is 11.8 Å². The summed E-state index contributed by atoms with van der Waals surface area (Å²) >= 11 is 0. The smallest absolute Gasteiger partial charge is 0.409 e. The van der Waals surface area contributed by atoms with Crippen LogP contribution in [0.4, 0.5) is 33.9 Å². The van der Waals surface area contributed by atoms with E-state index >= 15 is 8.78 Å². The predicted molar refractivity (Wildman–Crippen MR) is 292 cm³/mol. The zero-order chi connectivity index (χ0) is 54.8. The van der Waals surface area contributed by atoms with Crippen molar-refractivity contribution >= 4 is 62.0 Å². The molecule has 3 aromatic heterocycles. The lowest BCUT2D eigenvalue weighted by molar-refractivity contribution is -0.134. The van der Waals surface area contributed by atoms with Gasteiger partial charge < -0.3 is 28.9 Å². The Morgan fingerprint density at radius 2 is 1.71 bits per heavy atom. The lowest BCUT2D eigenvalue weighted by atomic mass is 9.83. The Morgan fingerprint density at radius 1 is 0.887 bits per heavy atom. The SMILES string of the molecule is C#Cc1c(F)ccc2cccc(-c3nc4c5c(nc(OC[C@@]67CCCN6[C@H](COC(=O)N6CCC(CC8CCN(c9ccc%10c(C%11CCC(=O)NC%11=O)nn(C(F)F)c%10c9)CC8)CC6)CC7)nc5c3F)N3CCCOC[C@@H]3CC4)c12. The van der Waals surface area contributed by atoms with Crippen LogP contribution in [0.3, 0.4) is 0 Å².